The van der Waals surface area contributed by atoms with Crippen LogP contribution >= 0.6 is 0 Å². The molecule has 2 aromatic rings. The number of rotatable bonds is 6. The fourth-order valence-corrected chi connectivity index (χ4v) is 3.33. The van der Waals surface area contributed by atoms with Gasteiger partial charge in [0.2, 0.25) is 0 Å². The normalized spacial score (nSPS) is 16.2. The van der Waals surface area contributed by atoms with Gasteiger partial charge in [0.1, 0.15) is 17.7 Å². The molecule has 0 saturated carbocycles. The lowest BCUT2D eigenvalue weighted by molar-refractivity contribution is -0.114. The van der Waals surface area contributed by atoms with Crippen LogP contribution in [0.25, 0.3) is 0 Å². The number of nitrogens with zero attached hydrogens (tertiary/aromatic N) is 5. The maximum absolute atomic E-state index is 11.9. The molecule has 1 aliphatic heterocycles. The number of benzene rings is 1. The summed E-state index contributed by atoms with van der Waals surface area (Å²) in [5.74, 6) is 0.590. The standard InChI is InChI=1S/C19H22N6O2/c1-12-17(24-13(2)19(26)20-3)18(22-11-21-12)25-10-14(8-9-23-27)15-6-4-5-7-16(15)25/h4-7,11,14H,8-10H2,1-3H3,(H,20,26). The molecule has 0 spiro atoms. The molecule has 8 nitrogen and oxygen atoms in total. The number of carbonyl (C=O) groups is 1. The van der Waals surface area contributed by atoms with Crippen molar-refractivity contribution in [2.75, 3.05) is 25.0 Å². The van der Waals surface area contributed by atoms with Crippen molar-refractivity contribution in [3.63, 3.8) is 0 Å². The molecule has 1 unspecified atom stereocenters. The molecule has 1 atom stereocenters. The van der Waals surface area contributed by atoms with Crippen LogP contribution in [0.5, 0.6) is 0 Å². The summed E-state index contributed by atoms with van der Waals surface area (Å²) in [5.41, 5.74) is 3.79. The smallest absolute Gasteiger partial charge is 0.265 e. The molecule has 1 aromatic carbocycles. The number of para-hydroxylation sites is 1. The third kappa shape index (κ3) is 3.69. The summed E-state index contributed by atoms with van der Waals surface area (Å²) in [6.07, 6.45) is 2.18. The molecule has 2 heterocycles. The fraction of sp³-hybridized carbons (Fsp3) is 0.368. The van der Waals surface area contributed by atoms with Crippen LogP contribution < -0.4 is 10.2 Å². The van der Waals surface area contributed by atoms with E-state index in [1.165, 1.54) is 6.33 Å². The predicted molar refractivity (Wildman–Crippen MR) is 105 cm³/mol. The number of hydrogen-bond donors (Lipinski definition) is 1. The van der Waals surface area contributed by atoms with Crippen LogP contribution in [-0.4, -0.2) is 41.7 Å². The van der Waals surface area contributed by atoms with Gasteiger partial charge in [0.15, 0.2) is 5.82 Å². The molecule has 0 aliphatic carbocycles. The number of nitroso groups, excluding NO2 is 1. The van der Waals surface area contributed by atoms with Gasteiger partial charge in [0.25, 0.3) is 5.91 Å². The van der Waals surface area contributed by atoms with Gasteiger partial charge in [-0.25, -0.2) is 15.0 Å². The van der Waals surface area contributed by atoms with Crippen molar-refractivity contribution >= 4 is 28.8 Å². The van der Waals surface area contributed by atoms with Gasteiger partial charge < -0.3 is 10.2 Å². The fourth-order valence-electron chi connectivity index (χ4n) is 3.33. The second kappa shape index (κ2) is 8.03. The number of amides is 1. The van der Waals surface area contributed by atoms with Crippen molar-refractivity contribution in [3.05, 3.63) is 46.8 Å². The highest BCUT2D eigenvalue weighted by Gasteiger charge is 2.31. The molecule has 27 heavy (non-hydrogen) atoms. The van der Waals surface area contributed by atoms with E-state index in [2.05, 4.69) is 36.4 Å². The highest BCUT2D eigenvalue weighted by atomic mass is 16.3. The Labute approximate surface area is 157 Å². The van der Waals surface area contributed by atoms with E-state index in [0.29, 0.717) is 35.9 Å². The first kappa shape index (κ1) is 18.6. The number of aromatic nitrogens is 2. The van der Waals surface area contributed by atoms with Gasteiger partial charge in [-0.1, -0.05) is 23.4 Å². The minimum atomic E-state index is -0.249. The van der Waals surface area contributed by atoms with E-state index in [-0.39, 0.29) is 18.4 Å². The summed E-state index contributed by atoms with van der Waals surface area (Å²) < 4.78 is 0. The highest BCUT2D eigenvalue weighted by Crippen LogP contribution is 2.44. The van der Waals surface area contributed by atoms with Gasteiger partial charge in [-0.15, -0.1) is 0 Å². The van der Waals surface area contributed by atoms with Gasteiger partial charge >= 0.3 is 0 Å². The summed E-state index contributed by atoms with van der Waals surface area (Å²) in [6, 6.07) is 8.06. The third-order valence-electron chi connectivity index (χ3n) is 4.72. The topological polar surface area (TPSA) is 99.9 Å². The Balaban J connectivity index is 2.06. The molecular weight excluding hydrogens is 344 g/mol. The van der Waals surface area contributed by atoms with E-state index in [1.807, 2.05) is 25.1 Å². The molecule has 140 valence electrons. The molecule has 3 rings (SSSR count). The SMILES string of the molecule is CNC(=O)C(C)=Nc1c(C)ncnc1N1CC(CCN=O)c2ccccc21. The van der Waals surface area contributed by atoms with Crippen LogP contribution in [-0.2, 0) is 4.79 Å². The molecule has 8 heteroatoms. The number of aliphatic imine (C=N–C) groups is 1. The average molecular weight is 366 g/mol. The van der Waals surface area contributed by atoms with Crippen molar-refractivity contribution in [2.45, 2.75) is 26.2 Å². The van der Waals surface area contributed by atoms with Crippen LogP contribution in [0.1, 0.15) is 30.5 Å². The molecule has 0 fully saturated rings. The maximum Gasteiger partial charge on any atom is 0.265 e. The molecular formula is C19H22N6O2. The molecule has 0 bridgehead atoms. The maximum atomic E-state index is 11.9. The van der Waals surface area contributed by atoms with Gasteiger partial charge in [-0.05, 0) is 31.9 Å². The van der Waals surface area contributed by atoms with E-state index in [0.717, 1.165) is 11.3 Å². The first-order valence-electron chi connectivity index (χ1n) is 8.81. The molecule has 1 amide bonds. The van der Waals surface area contributed by atoms with Crippen molar-refractivity contribution in [1.29, 1.82) is 0 Å². The molecule has 1 N–H and O–H groups in total. The number of nitrogens with one attached hydrogen (secondary N) is 1. The molecule has 0 radical (unpaired) electrons. The van der Waals surface area contributed by atoms with E-state index >= 15 is 0 Å². The molecule has 1 aromatic heterocycles. The van der Waals surface area contributed by atoms with Crippen LogP contribution in [0.15, 0.2) is 40.8 Å². The molecule has 1 aliphatic rings. The van der Waals surface area contributed by atoms with Crippen LogP contribution in [0, 0.1) is 11.8 Å². The predicted octanol–water partition coefficient (Wildman–Crippen LogP) is 3.02. The monoisotopic (exact) mass is 366 g/mol. The van der Waals surface area contributed by atoms with Gasteiger partial charge in [-0.2, -0.15) is 4.91 Å². The van der Waals surface area contributed by atoms with Crippen LogP contribution in [0.3, 0.4) is 0 Å². The van der Waals surface area contributed by atoms with E-state index < -0.39 is 0 Å². The van der Waals surface area contributed by atoms with Crippen molar-refractivity contribution in [1.82, 2.24) is 15.3 Å². The Kier molecular flexibility index (Phi) is 5.54. The first-order valence-corrected chi connectivity index (χ1v) is 8.81. The quantitative estimate of drug-likeness (QED) is 0.626. The second-order valence-electron chi connectivity index (χ2n) is 6.42. The number of carbonyl (C=O) groups excluding carboxylic acids is 1. The first-order chi connectivity index (χ1) is 13.1. The number of hydrogen-bond acceptors (Lipinski definition) is 7. The number of aryl methyl sites for hydroxylation is 1. The second-order valence-corrected chi connectivity index (χ2v) is 6.42. The number of fused-ring (bicyclic) bond motifs is 1. The Morgan fingerprint density at radius 1 is 1.33 bits per heavy atom. The Morgan fingerprint density at radius 2 is 2.11 bits per heavy atom. The van der Waals surface area contributed by atoms with E-state index in [4.69, 9.17) is 0 Å². The van der Waals surface area contributed by atoms with Crippen LogP contribution in [0.2, 0.25) is 0 Å². The summed E-state index contributed by atoms with van der Waals surface area (Å²) in [5, 5.41) is 5.58. The lowest BCUT2D eigenvalue weighted by atomic mass is 9.98. The lowest BCUT2D eigenvalue weighted by Gasteiger charge is -2.21. The zero-order valence-electron chi connectivity index (χ0n) is 15.6. The zero-order valence-corrected chi connectivity index (χ0v) is 15.6. The average Bonchev–Trinajstić information content (AvgIpc) is 3.05. The largest absolute Gasteiger partial charge is 0.354 e. The summed E-state index contributed by atoms with van der Waals surface area (Å²) in [4.78, 5) is 37.8. The van der Waals surface area contributed by atoms with Crippen molar-refractivity contribution in [2.24, 2.45) is 10.2 Å². The van der Waals surface area contributed by atoms with E-state index in [1.54, 1.807) is 14.0 Å². The van der Waals surface area contributed by atoms with Crippen molar-refractivity contribution in [3.8, 4) is 0 Å². The summed E-state index contributed by atoms with van der Waals surface area (Å²) >= 11 is 0. The van der Waals surface area contributed by atoms with E-state index in [9.17, 15) is 9.70 Å². The Bertz CT molecular complexity index is 896. The van der Waals surface area contributed by atoms with Gasteiger partial charge in [-0.3, -0.25) is 4.79 Å². The van der Waals surface area contributed by atoms with Gasteiger partial charge in [0.05, 0.1) is 12.2 Å². The minimum absolute atomic E-state index is 0.186. The third-order valence-corrected chi connectivity index (χ3v) is 4.72. The van der Waals surface area contributed by atoms with Gasteiger partial charge in [0, 0.05) is 25.2 Å². The molecule has 0 saturated heterocycles. The zero-order chi connectivity index (χ0) is 19.4. The van der Waals surface area contributed by atoms with Crippen LogP contribution in [0.4, 0.5) is 17.2 Å². The Morgan fingerprint density at radius 3 is 2.85 bits per heavy atom. The minimum Gasteiger partial charge on any atom is -0.354 e. The highest BCUT2D eigenvalue weighted by molar-refractivity contribution is 6.38. The van der Waals surface area contributed by atoms with Crippen molar-refractivity contribution < 1.29 is 4.79 Å². The lowest BCUT2D eigenvalue weighted by Crippen LogP contribution is -2.25. The Hall–Kier alpha value is -3.16. The summed E-state index contributed by atoms with van der Waals surface area (Å²) in [6.45, 7) is 4.45. The summed E-state index contributed by atoms with van der Waals surface area (Å²) in [7, 11) is 1.57. The number of anilines is 2.